The average molecular weight is 288 g/mol. The maximum Gasteiger partial charge on any atom is 0.333 e. The van der Waals surface area contributed by atoms with Crippen LogP contribution in [0, 0.1) is 0 Å². The summed E-state index contributed by atoms with van der Waals surface area (Å²) >= 11 is 0. The summed E-state index contributed by atoms with van der Waals surface area (Å²) < 4.78 is 16.5. The maximum absolute atomic E-state index is 11.2. The van der Waals surface area contributed by atoms with Crippen LogP contribution < -0.4 is 0 Å². The number of rotatable bonds is 10. The second kappa shape index (κ2) is 10.2. The van der Waals surface area contributed by atoms with Crippen LogP contribution in [0.3, 0.4) is 0 Å². The molecule has 19 heavy (non-hydrogen) atoms. The van der Waals surface area contributed by atoms with Crippen molar-refractivity contribution < 1.29 is 19.0 Å². The van der Waals surface area contributed by atoms with Gasteiger partial charge in [-0.25, -0.2) is 4.79 Å². The van der Waals surface area contributed by atoms with Crippen molar-refractivity contribution in [2.75, 3.05) is 6.61 Å². The topological polar surface area (TPSA) is 44.8 Å². The zero-order chi connectivity index (χ0) is 14.8. The minimum atomic E-state index is -0.483. The third-order valence-corrected chi connectivity index (χ3v) is 4.03. The number of hydrogen-bond acceptors (Lipinski definition) is 4. The van der Waals surface area contributed by atoms with Gasteiger partial charge in [0, 0.05) is 5.57 Å². The van der Waals surface area contributed by atoms with Gasteiger partial charge in [-0.3, -0.25) is 0 Å². The molecular formula is C14H28O4Si. The highest BCUT2D eigenvalue weighted by atomic mass is 28.2. The summed E-state index contributed by atoms with van der Waals surface area (Å²) in [6.07, 6.45) is 1.22. The van der Waals surface area contributed by atoms with Crippen LogP contribution in [0.5, 0.6) is 0 Å². The van der Waals surface area contributed by atoms with Crippen LogP contribution in [-0.2, 0) is 19.0 Å². The standard InChI is InChI=1S/C14H28O4Si/c1-10(2)13(15)16-8-7-9-19-14(17-11(3)4)18-12(5)6/h11-12,14H,1,7-9,19H2,2-6H3. The highest BCUT2D eigenvalue weighted by molar-refractivity contribution is 6.36. The molecule has 0 amide bonds. The van der Waals surface area contributed by atoms with Gasteiger partial charge in [0.05, 0.1) is 28.3 Å². The lowest BCUT2D eigenvalue weighted by atomic mass is 10.4. The summed E-state index contributed by atoms with van der Waals surface area (Å²) in [4.78, 5) is 11.2. The molecule has 0 atom stereocenters. The van der Waals surface area contributed by atoms with Crippen molar-refractivity contribution in [1.29, 1.82) is 0 Å². The van der Waals surface area contributed by atoms with Gasteiger partial charge >= 0.3 is 5.97 Å². The molecule has 0 aromatic carbocycles. The van der Waals surface area contributed by atoms with E-state index < -0.39 is 9.52 Å². The molecule has 0 aromatic rings. The molecule has 112 valence electrons. The largest absolute Gasteiger partial charge is 0.462 e. The van der Waals surface area contributed by atoms with Gasteiger partial charge in [0.25, 0.3) is 0 Å². The van der Waals surface area contributed by atoms with Crippen LogP contribution in [0.15, 0.2) is 12.2 Å². The van der Waals surface area contributed by atoms with Crippen molar-refractivity contribution in [2.24, 2.45) is 0 Å². The first-order valence-corrected chi connectivity index (χ1v) is 8.78. The molecule has 0 unspecified atom stereocenters. The lowest BCUT2D eigenvalue weighted by Gasteiger charge is -2.22. The molecule has 0 radical (unpaired) electrons. The predicted octanol–water partition coefficient (Wildman–Crippen LogP) is 2.22. The fraction of sp³-hybridized carbons (Fsp3) is 0.786. The Kier molecular flexibility index (Phi) is 9.82. The fourth-order valence-electron chi connectivity index (χ4n) is 1.48. The van der Waals surface area contributed by atoms with Crippen LogP contribution >= 0.6 is 0 Å². The Balaban J connectivity index is 3.80. The van der Waals surface area contributed by atoms with Crippen LogP contribution in [0.2, 0.25) is 6.04 Å². The molecule has 0 heterocycles. The number of ether oxygens (including phenoxy) is 3. The molecule has 0 aliphatic heterocycles. The number of carbonyl (C=O) groups excluding carboxylic acids is 1. The third kappa shape index (κ3) is 10.9. The van der Waals surface area contributed by atoms with Crippen molar-refractivity contribution in [3.63, 3.8) is 0 Å². The summed E-state index contributed by atoms with van der Waals surface area (Å²) in [5, 5.41) is 0. The quantitative estimate of drug-likeness (QED) is 0.203. The number of esters is 1. The summed E-state index contributed by atoms with van der Waals surface area (Å²) in [5.74, 6) is -0.355. The Morgan fingerprint density at radius 2 is 1.68 bits per heavy atom. The van der Waals surface area contributed by atoms with Crippen LogP contribution in [0.4, 0.5) is 0 Å². The van der Waals surface area contributed by atoms with E-state index in [9.17, 15) is 4.79 Å². The zero-order valence-electron chi connectivity index (χ0n) is 12.9. The smallest absolute Gasteiger partial charge is 0.333 e. The molecular weight excluding hydrogens is 260 g/mol. The van der Waals surface area contributed by atoms with E-state index in [2.05, 4.69) is 6.58 Å². The monoisotopic (exact) mass is 288 g/mol. The average Bonchev–Trinajstić information content (AvgIpc) is 2.26. The number of carbonyl (C=O) groups is 1. The van der Waals surface area contributed by atoms with Gasteiger partial charge in [0.1, 0.15) is 5.91 Å². The summed E-state index contributed by atoms with van der Waals surface area (Å²) in [7, 11) is -0.483. The molecule has 5 heteroatoms. The van der Waals surface area contributed by atoms with E-state index in [0.29, 0.717) is 12.2 Å². The van der Waals surface area contributed by atoms with Crippen molar-refractivity contribution in [3.8, 4) is 0 Å². The van der Waals surface area contributed by atoms with E-state index in [-0.39, 0.29) is 24.1 Å². The fourth-order valence-corrected chi connectivity index (χ4v) is 3.34. The lowest BCUT2D eigenvalue weighted by Crippen LogP contribution is -2.30. The molecule has 0 aromatic heterocycles. The molecule has 0 spiro atoms. The molecule has 4 nitrogen and oxygen atoms in total. The van der Waals surface area contributed by atoms with Crippen molar-refractivity contribution in [2.45, 2.75) is 65.2 Å². The Morgan fingerprint density at radius 1 is 1.16 bits per heavy atom. The molecule has 0 aliphatic rings. The Hall–Kier alpha value is -0.653. The second-order valence-electron chi connectivity index (χ2n) is 5.21. The van der Waals surface area contributed by atoms with Crippen LogP contribution in [-0.4, -0.2) is 40.2 Å². The Labute approximate surface area is 119 Å². The second-order valence-corrected chi connectivity index (χ2v) is 7.16. The van der Waals surface area contributed by atoms with Crippen molar-refractivity contribution in [3.05, 3.63) is 12.2 Å². The molecule has 0 rings (SSSR count). The van der Waals surface area contributed by atoms with E-state index in [1.807, 2.05) is 27.7 Å². The van der Waals surface area contributed by atoms with E-state index in [4.69, 9.17) is 14.2 Å². The first kappa shape index (κ1) is 18.3. The summed E-state index contributed by atoms with van der Waals surface area (Å²) in [6, 6.07) is 1.04. The zero-order valence-corrected chi connectivity index (χ0v) is 14.3. The van der Waals surface area contributed by atoms with Gasteiger partial charge in [-0.2, -0.15) is 0 Å². The van der Waals surface area contributed by atoms with Gasteiger partial charge in [0.15, 0.2) is 0 Å². The Bertz CT molecular complexity index is 267. The van der Waals surface area contributed by atoms with Crippen LogP contribution in [0.25, 0.3) is 0 Å². The van der Waals surface area contributed by atoms with E-state index in [1.165, 1.54) is 0 Å². The normalized spacial score (nSPS) is 12.0. The Morgan fingerprint density at radius 3 is 2.11 bits per heavy atom. The van der Waals surface area contributed by atoms with Gasteiger partial charge in [0.2, 0.25) is 0 Å². The molecule has 0 bridgehead atoms. The highest BCUT2D eigenvalue weighted by Gasteiger charge is 2.13. The van der Waals surface area contributed by atoms with Gasteiger partial charge < -0.3 is 14.2 Å². The minimum Gasteiger partial charge on any atom is -0.462 e. The molecule has 0 fully saturated rings. The van der Waals surface area contributed by atoms with Crippen molar-refractivity contribution in [1.82, 2.24) is 0 Å². The maximum atomic E-state index is 11.2. The van der Waals surface area contributed by atoms with Gasteiger partial charge in [-0.15, -0.1) is 0 Å². The van der Waals surface area contributed by atoms with E-state index >= 15 is 0 Å². The molecule has 0 saturated heterocycles. The molecule has 0 N–H and O–H groups in total. The molecule has 0 aliphatic carbocycles. The van der Waals surface area contributed by atoms with E-state index in [0.717, 1.165) is 12.5 Å². The van der Waals surface area contributed by atoms with Crippen LogP contribution in [0.1, 0.15) is 41.0 Å². The third-order valence-electron chi connectivity index (χ3n) is 2.26. The first-order valence-electron chi connectivity index (χ1n) is 6.96. The van der Waals surface area contributed by atoms with Crippen molar-refractivity contribution >= 4 is 15.5 Å². The number of hydrogen-bond donors (Lipinski definition) is 0. The summed E-state index contributed by atoms with van der Waals surface area (Å²) in [6.45, 7) is 13.7. The van der Waals surface area contributed by atoms with Gasteiger partial charge in [-0.05, 0) is 41.0 Å². The summed E-state index contributed by atoms with van der Waals surface area (Å²) in [5.41, 5.74) is 0.446. The lowest BCUT2D eigenvalue weighted by molar-refractivity contribution is -0.138. The molecule has 0 saturated carbocycles. The van der Waals surface area contributed by atoms with Gasteiger partial charge in [-0.1, -0.05) is 12.6 Å². The SMILES string of the molecule is C=C(C)C(=O)OCCC[SiH2]C(OC(C)C)OC(C)C. The first-order chi connectivity index (χ1) is 8.82. The van der Waals surface area contributed by atoms with E-state index in [1.54, 1.807) is 6.92 Å². The predicted molar refractivity (Wildman–Crippen MR) is 80.0 cm³/mol. The highest BCUT2D eigenvalue weighted by Crippen LogP contribution is 2.06. The minimum absolute atomic E-state index is 0.0446.